The fraction of sp³-hybridized carbons (Fsp3) is 0. The first kappa shape index (κ1) is 27.2. The van der Waals surface area contributed by atoms with Gasteiger partial charge in [-0.3, -0.25) is 0 Å². The fourth-order valence-electron chi connectivity index (χ4n) is 7.60. The molecule has 0 aliphatic heterocycles. The second-order valence-corrected chi connectivity index (χ2v) is 13.5. The number of hydrogen-bond acceptors (Lipinski definition) is 2. The fourth-order valence-corrected chi connectivity index (χ4v) is 8.86. The molecule has 0 aliphatic carbocycles. The molecule has 0 fully saturated rings. The zero-order valence-electron chi connectivity index (χ0n) is 26.1. The lowest BCUT2D eigenvalue weighted by Crippen LogP contribution is -2.11. The van der Waals surface area contributed by atoms with Crippen molar-refractivity contribution in [2.75, 3.05) is 4.90 Å². The number of rotatable bonds is 4. The molecule has 1 heterocycles. The van der Waals surface area contributed by atoms with Gasteiger partial charge in [0.15, 0.2) is 0 Å². The molecular weight excluding hydrogens is 599 g/mol. The van der Waals surface area contributed by atoms with E-state index < -0.39 is 0 Å². The van der Waals surface area contributed by atoms with Crippen molar-refractivity contribution in [2.24, 2.45) is 0 Å². The van der Waals surface area contributed by atoms with Gasteiger partial charge < -0.3 is 4.90 Å². The molecule has 0 radical (unpaired) electrons. The van der Waals surface area contributed by atoms with Gasteiger partial charge in [0, 0.05) is 31.2 Å². The highest BCUT2D eigenvalue weighted by Crippen LogP contribution is 2.50. The molecular formula is C46H29NS. The van der Waals surface area contributed by atoms with Crippen LogP contribution in [0.5, 0.6) is 0 Å². The topological polar surface area (TPSA) is 3.24 Å². The van der Waals surface area contributed by atoms with E-state index in [1.54, 1.807) is 0 Å². The highest BCUT2D eigenvalue weighted by atomic mass is 32.1. The van der Waals surface area contributed by atoms with E-state index >= 15 is 0 Å². The molecule has 9 aromatic carbocycles. The molecule has 0 atom stereocenters. The predicted octanol–water partition coefficient (Wildman–Crippen LogP) is 13.8. The second kappa shape index (κ2) is 10.8. The molecule has 48 heavy (non-hydrogen) atoms. The normalized spacial score (nSPS) is 11.8. The van der Waals surface area contributed by atoms with E-state index in [4.69, 9.17) is 0 Å². The SMILES string of the molecule is c1ccc(-c2ccc(N(c3ccc4ccc5ccccc5c4c3)c3cc4ccccc4c4ccccc34)c3c2sc2ccccc23)cc1. The Kier molecular flexibility index (Phi) is 6.12. The Morgan fingerprint density at radius 2 is 0.979 bits per heavy atom. The molecule has 0 aliphatic rings. The Balaban J connectivity index is 1.36. The van der Waals surface area contributed by atoms with Crippen LogP contribution in [0.4, 0.5) is 17.1 Å². The van der Waals surface area contributed by atoms with E-state index in [9.17, 15) is 0 Å². The third-order valence-electron chi connectivity index (χ3n) is 9.81. The third kappa shape index (κ3) is 4.17. The van der Waals surface area contributed by atoms with Crippen molar-refractivity contribution >= 4 is 91.7 Å². The number of benzene rings is 9. The number of fused-ring (bicyclic) bond motifs is 9. The molecule has 10 rings (SSSR count). The van der Waals surface area contributed by atoms with Crippen molar-refractivity contribution < 1.29 is 0 Å². The summed E-state index contributed by atoms with van der Waals surface area (Å²) in [6, 6.07) is 64.6. The van der Waals surface area contributed by atoms with Gasteiger partial charge in [-0.25, -0.2) is 0 Å². The van der Waals surface area contributed by atoms with Crippen LogP contribution in [0.1, 0.15) is 0 Å². The average molecular weight is 628 g/mol. The van der Waals surface area contributed by atoms with Crippen molar-refractivity contribution in [3.63, 3.8) is 0 Å². The molecule has 10 aromatic rings. The summed E-state index contributed by atoms with van der Waals surface area (Å²) in [5, 5.41) is 12.6. The molecule has 1 aromatic heterocycles. The van der Waals surface area contributed by atoms with Crippen LogP contribution in [-0.2, 0) is 0 Å². The maximum Gasteiger partial charge on any atom is 0.0555 e. The molecule has 0 spiro atoms. The quantitative estimate of drug-likeness (QED) is 0.176. The van der Waals surface area contributed by atoms with E-state index in [0.717, 1.165) is 5.69 Å². The Morgan fingerprint density at radius 1 is 0.375 bits per heavy atom. The maximum absolute atomic E-state index is 2.52. The average Bonchev–Trinajstić information content (AvgIpc) is 3.55. The lowest BCUT2D eigenvalue weighted by Gasteiger charge is -2.29. The Hall–Kier alpha value is -5.96. The summed E-state index contributed by atoms with van der Waals surface area (Å²) < 4.78 is 2.60. The maximum atomic E-state index is 2.52. The molecule has 0 saturated heterocycles. The molecule has 1 nitrogen and oxygen atoms in total. The summed E-state index contributed by atoms with van der Waals surface area (Å²) in [4.78, 5) is 2.52. The van der Waals surface area contributed by atoms with Crippen LogP contribution in [0, 0.1) is 0 Å². The largest absolute Gasteiger partial charge is 0.309 e. The molecule has 0 unspecified atom stereocenters. The van der Waals surface area contributed by atoms with Crippen molar-refractivity contribution in [3.8, 4) is 11.1 Å². The first-order valence-electron chi connectivity index (χ1n) is 16.4. The molecule has 2 heteroatoms. The van der Waals surface area contributed by atoms with Crippen LogP contribution in [0.15, 0.2) is 176 Å². The van der Waals surface area contributed by atoms with Crippen molar-refractivity contribution in [1.29, 1.82) is 0 Å². The van der Waals surface area contributed by atoms with Crippen molar-refractivity contribution in [2.45, 2.75) is 0 Å². The lowest BCUT2D eigenvalue weighted by atomic mass is 9.96. The zero-order valence-corrected chi connectivity index (χ0v) is 26.9. The smallest absolute Gasteiger partial charge is 0.0555 e. The number of thiophene rings is 1. The van der Waals surface area contributed by atoms with Gasteiger partial charge in [0.1, 0.15) is 0 Å². The summed E-state index contributed by atoms with van der Waals surface area (Å²) in [7, 11) is 0. The molecule has 0 N–H and O–H groups in total. The van der Waals surface area contributed by atoms with E-state index in [2.05, 4.69) is 181 Å². The van der Waals surface area contributed by atoms with Crippen molar-refractivity contribution in [1.82, 2.24) is 0 Å². The zero-order chi connectivity index (χ0) is 31.6. The van der Waals surface area contributed by atoms with Crippen LogP contribution < -0.4 is 4.90 Å². The van der Waals surface area contributed by atoms with Gasteiger partial charge in [-0.05, 0) is 79.2 Å². The Morgan fingerprint density at radius 3 is 1.79 bits per heavy atom. The minimum absolute atomic E-state index is 1.14. The van der Waals surface area contributed by atoms with Gasteiger partial charge in [0.25, 0.3) is 0 Å². The second-order valence-electron chi connectivity index (χ2n) is 12.5. The van der Waals surface area contributed by atoms with Crippen LogP contribution in [0.3, 0.4) is 0 Å². The van der Waals surface area contributed by atoms with Crippen LogP contribution in [0.25, 0.3) is 74.4 Å². The first-order chi connectivity index (χ1) is 23.8. The van der Waals surface area contributed by atoms with Gasteiger partial charge in [-0.15, -0.1) is 11.3 Å². The minimum atomic E-state index is 1.14. The number of hydrogen-bond donors (Lipinski definition) is 0. The van der Waals surface area contributed by atoms with Gasteiger partial charge in [-0.2, -0.15) is 0 Å². The molecule has 0 amide bonds. The standard InChI is InChI=1S/C46H29NS/c1-2-12-30(13-3-1)37-26-27-42(45-40-20-10-11-21-44(40)48-46(37)45)47(34-25-24-32-23-22-31-14-4-6-16-35(31)41(32)29-34)43-28-33-15-5-7-17-36(33)38-18-8-9-19-39(38)43/h1-29H. The Labute approximate surface area is 282 Å². The van der Waals surface area contributed by atoms with Crippen LogP contribution >= 0.6 is 11.3 Å². The summed E-state index contributed by atoms with van der Waals surface area (Å²) in [6.07, 6.45) is 0. The van der Waals surface area contributed by atoms with Gasteiger partial charge in [0.05, 0.1) is 11.4 Å². The number of nitrogens with zero attached hydrogens (tertiary/aromatic N) is 1. The Bertz CT molecular complexity index is 2850. The van der Waals surface area contributed by atoms with E-state index in [1.165, 1.54) is 85.8 Å². The third-order valence-corrected chi connectivity index (χ3v) is 11.0. The van der Waals surface area contributed by atoms with E-state index in [-0.39, 0.29) is 0 Å². The van der Waals surface area contributed by atoms with Gasteiger partial charge in [0.2, 0.25) is 0 Å². The lowest BCUT2D eigenvalue weighted by molar-refractivity contribution is 1.33. The molecule has 224 valence electrons. The van der Waals surface area contributed by atoms with Crippen molar-refractivity contribution in [3.05, 3.63) is 176 Å². The van der Waals surface area contributed by atoms with Gasteiger partial charge >= 0.3 is 0 Å². The van der Waals surface area contributed by atoms with E-state index in [1.807, 2.05) is 11.3 Å². The van der Waals surface area contributed by atoms with Crippen LogP contribution in [-0.4, -0.2) is 0 Å². The monoisotopic (exact) mass is 627 g/mol. The van der Waals surface area contributed by atoms with Gasteiger partial charge in [-0.1, -0.05) is 146 Å². The summed E-state index contributed by atoms with van der Waals surface area (Å²) in [5.74, 6) is 0. The van der Waals surface area contributed by atoms with Crippen LogP contribution in [0.2, 0.25) is 0 Å². The summed E-state index contributed by atoms with van der Waals surface area (Å²) >= 11 is 1.89. The summed E-state index contributed by atoms with van der Waals surface area (Å²) in [5.41, 5.74) is 6.00. The summed E-state index contributed by atoms with van der Waals surface area (Å²) in [6.45, 7) is 0. The molecule has 0 saturated carbocycles. The molecule has 0 bridgehead atoms. The minimum Gasteiger partial charge on any atom is -0.309 e. The highest BCUT2D eigenvalue weighted by molar-refractivity contribution is 7.26. The highest BCUT2D eigenvalue weighted by Gasteiger charge is 2.23. The number of anilines is 3. The van der Waals surface area contributed by atoms with E-state index in [0.29, 0.717) is 0 Å². The first-order valence-corrected chi connectivity index (χ1v) is 17.3. The predicted molar refractivity (Wildman–Crippen MR) is 209 cm³/mol.